The average Bonchev–Trinajstić information content (AvgIpc) is 2.51. The molecule has 2 aromatic rings. The number of hydrogen-bond acceptors (Lipinski definition) is 3. The van der Waals surface area contributed by atoms with Crippen molar-refractivity contribution in [3.8, 4) is 0 Å². The number of hydrogen-bond donors (Lipinski definition) is 1. The molecule has 2 aromatic carbocycles. The Hall–Kier alpha value is -1.03. The first kappa shape index (κ1) is 15.4. The van der Waals surface area contributed by atoms with E-state index >= 15 is 0 Å². The molecule has 1 atom stereocenters. The summed E-state index contributed by atoms with van der Waals surface area (Å²) in [4.78, 5) is 0. The summed E-state index contributed by atoms with van der Waals surface area (Å²) in [5.74, 6) is 2.24. The molecule has 20 heavy (non-hydrogen) atoms. The first-order valence-electron chi connectivity index (χ1n) is 7.08. The molecule has 0 spiro atoms. The Labute approximate surface area is 125 Å². The van der Waals surface area contributed by atoms with Gasteiger partial charge in [-0.2, -0.15) is 11.8 Å². The van der Waals surface area contributed by atoms with Crippen LogP contribution in [0.4, 0.5) is 0 Å². The van der Waals surface area contributed by atoms with Crippen LogP contribution < -0.4 is 5.32 Å². The first-order chi connectivity index (χ1) is 9.86. The van der Waals surface area contributed by atoms with Crippen LogP contribution in [0.5, 0.6) is 0 Å². The molecule has 2 rings (SSSR count). The van der Waals surface area contributed by atoms with Crippen LogP contribution in [0, 0.1) is 0 Å². The fraction of sp³-hybridized carbons (Fsp3) is 0.412. The van der Waals surface area contributed by atoms with Crippen molar-refractivity contribution in [3.05, 3.63) is 48.0 Å². The Morgan fingerprint density at radius 1 is 1.15 bits per heavy atom. The van der Waals surface area contributed by atoms with Crippen LogP contribution in [0.3, 0.4) is 0 Å². The predicted octanol–water partition coefficient (Wildman–Crippen LogP) is 3.87. The van der Waals surface area contributed by atoms with Crippen LogP contribution >= 0.6 is 11.8 Å². The van der Waals surface area contributed by atoms with Crippen LogP contribution in [-0.2, 0) is 4.74 Å². The highest BCUT2D eigenvalue weighted by atomic mass is 32.2. The van der Waals surface area contributed by atoms with Crippen molar-refractivity contribution < 1.29 is 4.74 Å². The van der Waals surface area contributed by atoms with Gasteiger partial charge in [-0.1, -0.05) is 42.5 Å². The van der Waals surface area contributed by atoms with Gasteiger partial charge < -0.3 is 10.1 Å². The van der Waals surface area contributed by atoms with E-state index in [1.54, 1.807) is 7.11 Å². The van der Waals surface area contributed by atoms with Gasteiger partial charge in [0.05, 0.1) is 0 Å². The maximum Gasteiger partial charge on any atom is 0.0470 e. The van der Waals surface area contributed by atoms with Crippen LogP contribution in [0.1, 0.15) is 18.0 Å². The van der Waals surface area contributed by atoms with E-state index in [1.807, 2.05) is 18.8 Å². The molecule has 1 N–H and O–H groups in total. The Morgan fingerprint density at radius 3 is 2.75 bits per heavy atom. The second-order valence-electron chi connectivity index (χ2n) is 4.83. The number of methoxy groups -OCH3 is 1. The molecule has 2 nitrogen and oxygen atoms in total. The summed E-state index contributed by atoms with van der Waals surface area (Å²) in [5.41, 5.74) is 1.39. The third-order valence-corrected chi connectivity index (χ3v) is 4.62. The third-order valence-electron chi connectivity index (χ3n) is 3.47. The highest BCUT2D eigenvalue weighted by Gasteiger charge is 2.11. The van der Waals surface area contributed by atoms with Gasteiger partial charge in [0, 0.05) is 25.5 Å². The zero-order valence-electron chi connectivity index (χ0n) is 12.3. The van der Waals surface area contributed by atoms with Crippen molar-refractivity contribution in [1.29, 1.82) is 0 Å². The molecule has 0 aromatic heterocycles. The fourth-order valence-corrected chi connectivity index (χ4v) is 3.46. The van der Waals surface area contributed by atoms with Gasteiger partial charge in [-0.25, -0.2) is 0 Å². The molecular formula is C17H23NOS. The van der Waals surface area contributed by atoms with E-state index in [2.05, 4.69) is 47.8 Å². The monoisotopic (exact) mass is 289 g/mol. The van der Waals surface area contributed by atoms with Gasteiger partial charge in [0.1, 0.15) is 0 Å². The van der Waals surface area contributed by atoms with Gasteiger partial charge in [0.25, 0.3) is 0 Å². The molecule has 0 radical (unpaired) electrons. The second-order valence-corrected chi connectivity index (χ2v) is 5.98. The number of ether oxygens (including phenoxy) is 1. The van der Waals surface area contributed by atoms with Crippen molar-refractivity contribution in [2.45, 2.75) is 12.5 Å². The molecule has 1 unspecified atom stereocenters. The third kappa shape index (κ3) is 3.98. The van der Waals surface area contributed by atoms with E-state index in [0.717, 1.165) is 24.5 Å². The summed E-state index contributed by atoms with van der Waals surface area (Å²) < 4.78 is 5.09. The molecule has 0 aliphatic rings. The normalized spacial score (nSPS) is 12.7. The minimum absolute atomic E-state index is 0.397. The van der Waals surface area contributed by atoms with E-state index < -0.39 is 0 Å². The maximum atomic E-state index is 5.09. The predicted molar refractivity (Wildman–Crippen MR) is 89.6 cm³/mol. The van der Waals surface area contributed by atoms with Crippen molar-refractivity contribution in [1.82, 2.24) is 5.32 Å². The Morgan fingerprint density at radius 2 is 1.95 bits per heavy atom. The molecule has 0 saturated carbocycles. The Balaban J connectivity index is 2.05. The molecule has 0 amide bonds. The van der Waals surface area contributed by atoms with Crippen LogP contribution in [0.15, 0.2) is 42.5 Å². The molecular weight excluding hydrogens is 266 g/mol. The zero-order chi connectivity index (χ0) is 14.2. The van der Waals surface area contributed by atoms with E-state index in [1.165, 1.54) is 16.3 Å². The largest absolute Gasteiger partial charge is 0.385 e. The molecule has 108 valence electrons. The fourth-order valence-electron chi connectivity index (χ4n) is 2.39. The van der Waals surface area contributed by atoms with Gasteiger partial charge in [-0.05, 0) is 35.6 Å². The van der Waals surface area contributed by atoms with Crippen LogP contribution in [-0.4, -0.2) is 32.3 Å². The topological polar surface area (TPSA) is 21.3 Å². The quantitative estimate of drug-likeness (QED) is 0.745. The second kappa shape index (κ2) is 8.30. The number of fused-ring (bicyclic) bond motifs is 1. The lowest BCUT2D eigenvalue weighted by atomic mass is 10.00. The van der Waals surface area contributed by atoms with Gasteiger partial charge >= 0.3 is 0 Å². The Kier molecular flexibility index (Phi) is 6.37. The lowest BCUT2D eigenvalue weighted by molar-refractivity contribution is 0.200. The first-order valence-corrected chi connectivity index (χ1v) is 8.24. The van der Waals surface area contributed by atoms with Crippen molar-refractivity contribution in [2.75, 3.05) is 32.3 Å². The lowest BCUT2D eigenvalue weighted by Gasteiger charge is -2.18. The Bertz CT molecular complexity index is 524. The smallest absolute Gasteiger partial charge is 0.0470 e. The van der Waals surface area contributed by atoms with Gasteiger partial charge in [-0.3, -0.25) is 0 Å². The average molecular weight is 289 g/mol. The SMILES string of the molecule is CNC(CSCCCOC)c1cccc2ccccc12. The number of rotatable bonds is 8. The molecule has 0 aliphatic heterocycles. The summed E-state index contributed by atoms with van der Waals surface area (Å²) >= 11 is 1.99. The molecule has 0 fully saturated rings. The molecule has 0 bridgehead atoms. The van der Waals surface area contributed by atoms with Crippen LogP contribution in [0.25, 0.3) is 10.8 Å². The van der Waals surface area contributed by atoms with E-state index in [0.29, 0.717) is 6.04 Å². The zero-order valence-corrected chi connectivity index (χ0v) is 13.1. The van der Waals surface area contributed by atoms with E-state index in [-0.39, 0.29) is 0 Å². The van der Waals surface area contributed by atoms with E-state index in [4.69, 9.17) is 4.74 Å². The summed E-state index contributed by atoms with van der Waals surface area (Å²) in [7, 11) is 3.80. The highest BCUT2D eigenvalue weighted by Crippen LogP contribution is 2.26. The molecule has 0 aliphatic carbocycles. The van der Waals surface area contributed by atoms with Gasteiger partial charge in [-0.15, -0.1) is 0 Å². The van der Waals surface area contributed by atoms with Crippen molar-refractivity contribution >= 4 is 22.5 Å². The molecule has 3 heteroatoms. The number of nitrogens with one attached hydrogen (secondary N) is 1. The number of benzene rings is 2. The molecule has 0 heterocycles. The van der Waals surface area contributed by atoms with Crippen molar-refractivity contribution in [3.63, 3.8) is 0 Å². The summed E-state index contributed by atoms with van der Waals surface area (Å²) in [6.45, 7) is 0.853. The number of thioether (sulfide) groups is 1. The highest BCUT2D eigenvalue weighted by molar-refractivity contribution is 7.99. The van der Waals surface area contributed by atoms with Crippen molar-refractivity contribution in [2.24, 2.45) is 0 Å². The minimum Gasteiger partial charge on any atom is -0.385 e. The van der Waals surface area contributed by atoms with Gasteiger partial charge in [0.2, 0.25) is 0 Å². The van der Waals surface area contributed by atoms with E-state index in [9.17, 15) is 0 Å². The maximum absolute atomic E-state index is 5.09. The minimum atomic E-state index is 0.397. The summed E-state index contributed by atoms with van der Waals surface area (Å²) in [5, 5.41) is 6.12. The standard InChI is InChI=1S/C17H23NOS/c1-18-17(13-20-12-6-11-19-2)16-10-5-8-14-7-3-4-9-15(14)16/h3-5,7-10,17-18H,6,11-13H2,1-2H3. The van der Waals surface area contributed by atoms with Gasteiger partial charge in [0.15, 0.2) is 0 Å². The summed E-state index contributed by atoms with van der Waals surface area (Å²) in [6.07, 6.45) is 1.12. The van der Waals surface area contributed by atoms with Crippen LogP contribution in [0.2, 0.25) is 0 Å². The lowest BCUT2D eigenvalue weighted by Crippen LogP contribution is -2.19. The summed E-state index contributed by atoms with van der Waals surface area (Å²) in [6, 6.07) is 15.6. The molecule has 0 saturated heterocycles.